The average molecular weight is 284 g/mol. The molecule has 0 radical (unpaired) electrons. The molecule has 21 heavy (non-hydrogen) atoms. The monoisotopic (exact) mass is 284 g/mol. The van der Waals surface area contributed by atoms with E-state index in [1.54, 1.807) is 12.3 Å². The van der Waals surface area contributed by atoms with E-state index in [0.717, 1.165) is 31.9 Å². The number of nitrogens with zero attached hydrogens (tertiary/aromatic N) is 4. The number of carbonyl (C=O) groups excluding carboxylic acids is 1. The van der Waals surface area contributed by atoms with E-state index in [1.165, 1.54) is 18.6 Å². The largest absolute Gasteiger partial charge is 0.368 e. The number of piperazine rings is 1. The quantitative estimate of drug-likeness (QED) is 0.855. The Morgan fingerprint density at radius 2 is 2.00 bits per heavy atom. The molecule has 1 fully saturated rings. The lowest BCUT2D eigenvalue weighted by molar-refractivity contribution is 0.102. The minimum atomic E-state index is -0.314. The summed E-state index contributed by atoms with van der Waals surface area (Å²) in [4.78, 5) is 26.3. The van der Waals surface area contributed by atoms with Gasteiger partial charge in [-0.15, -0.1) is 0 Å². The number of hydrogen-bond acceptors (Lipinski definition) is 6. The normalized spacial score (nSPS) is 14.8. The highest BCUT2D eigenvalue weighted by atomic mass is 16.1. The molecule has 2 aromatic heterocycles. The van der Waals surface area contributed by atoms with Gasteiger partial charge in [0.1, 0.15) is 11.5 Å². The summed E-state index contributed by atoms with van der Waals surface area (Å²) in [5.41, 5.74) is 1.33. The fraction of sp³-hybridized carbons (Fsp3) is 0.286. The smallest absolute Gasteiger partial charge is 0.277 e. The number of pyridine rings is 1. The van der Waals surface area contributed by atoms with Gasteiger partial charge in [0.05, 0.1) is 18.1 Å². The van der Waals surface area contributed by atoms with Crippen LogP contribution in [0, 0.1) is 0 Å². The van der Waals surface area contributed by atoms with Crippen molar-refractivity contribution in [2.75, 3.05) is 36.4 Å². The highest BCUT2D eigenvalue weighted by Gasteiger charge is 2.12. The molecule has 1 amide bonds. The predicted octanol–water partition coefficient (Wildman–Crippen LogP) is 0.533. The predicted molar refractivity (Wildman–Crippen MR) is 79.3 cm³/mol. The number of rotatable bonds is 3. The summed E-state index contributed by atoms with van der Waals surface area (Å²) in [7, 11) is 0. The maximum Gasteiger partial charge on any atom is 0.277 e. The number of nitrogens with one attached hydrogen (secondary N) is 2. The van der Waals surface area contributed by atoms with E-state index < -0.39 is 0 Å². The molecule has 1 saturated heterocycles. The Bertz CT molecular complexity index is 595. The molecule has 108 valence electrons. The third kappa shape index (κ3) is 3.32. The van der Waals surface area contributed by atoms with Crippen molar-refractivity contribution < 1.29 is 4.79 Å². The minimum absolute atomic E-state index is 0.269. The van der Waals surface area contributed by atoms with Gasteiger partial charge in [0.15, 0.2) is 0 Å². The second-order valence-electron chi connectivity index (χ2n) is 4.68. The molecule has 0 spiro atoms. The standard InChI is InChI=1S/C14H16N6O/c21-14(12-10-16-3-4-17-12)19-13-2-1-11(9-18-13)20-7-5-15-6-8-20/h1-4,9-10,15H,5-8H2,(H,18,19,21). The highest BCUT2D eigenvalue weighted by Crippen LogP contribution is 2.15. The molecule has 0 unspecified atom stereocenters. The first kappa shape index (κ1) is 13.4. The van der Waals surface area contributed by atoms with Crippen LogP contribution < -0.4 is 15.5 Å². The van der Waals surface area contributed by atoms with E-state index in [1.807, 2.05) is 6.07 Å². The molecule has 0 bridgehead atoms. The number of hydrogen-bond donors (Lipinski definition) is 2. The topological polar surface area (TPSA) is 83.0 Å². The molecule has 2 N–H and O–H groups in total. The molecule has 3 rings (SSSR count). The lowest BCUT2D eigenvalue weighted by Crippen LogP contribution is -2.43. The van der Waals surface area contributed by atoms with Crippen molar-refractivity contribution in [2.45, 2.75) is 0 Å². The first-order chi connectivity index (χ1) is 10.3. The zero-order chi connectivity index (χ0) is 14.5. The average Bonchev–Trinajstić information content (AvgIpc) is 2.57. The van der Waals surface area contributed by atoms with Crippen LogP contribution in [0.3, 0.4) is 0 Å². The first-order valence-corrected chi connectivity index (χ1v) is 6.82. The molecule has 0 atom stereocenters. The Morgan fingerprint density at radius 1 is 1.14 bits per heavy atom. The van der Waals surface area contributed by atoms with Crippen LogP contribution >= 0.6 is 0 Å². The Hall–Kier alpha value is -2.54. The van der Waals surface area contributed by atoms with Crippen molar-refractivity contribution in [1.82, 2.24) is 20.3 Å². The Kier molecular flexibility index (Phi) is 4.02. The van der Waals surface area contributed by atoms with Gasteiger partial charge in [0.2, 0.25) is 0 Å². The van der Waals surface area contributed by atoms with E-state index in [4.69, 9.17) is 0 Å². The number of carbonyl (C=O) groups is 1. The van der Waals surface area contributed by atoms with Crippen molar-refractivity contribution in [3.05, 3.63) is 42.6 Å². The van der Waals surface area contributed by atoms with Crippen molar-refractivity contribution >= 4 is 17.4 Å². The molecule has 3 heterocycles. The SMILES string of the molecule is O=C(Nc1ccc(N2CCNCC2)cn1)c1cnccn1. The van der Waals surface area contributed by atoms with Crippen LogP contribution in [0.5, 0.6) is 0 Å². The summed E-state index contributed by atoms with van der Waals surface area (Å²) in [6.07, 6.45) is 6.20. The molecule has 2 aromatic rings. The van der Waals surface area contributed by atoms with Crippen LogP contribution in [-0.4, -0.2) is 47.0 Å². The van der Waals surface area contributed by atoms with Crippen molar-refractivity contribution in [3.63, 3.8) is 0 Å². The molecular formula is C14H16N6O. The Balaban J connectivity index is 1.65. The van der Waals surface area contributed by atoms with Gasteiger partial charge in [-0.1, -0.05) is 0 Å². The number of amides is 1. The molecule has 7 heteroatoms. The second-order valence-corrected chi connectivity index (χ2v) is 4.68. The third-order valence-corrected chi connectivity index (χ3v) is 3.27. The van der Waals surface area contributed by atoms with Crippen LogP contribution in [0.1, 0.15) is 10.5 Å². The van der Waals surface area contributed by atoms with Crippen LogP contribution in [0.15, 0.2) is 36.9 Å². The highest BCUT2D eigenvalue weighted by molar-refractivity contribution is 6.02. The van der Waals surface area contributed by atoms with Gasteiger partial charge in [0.25, 0.3) is 5.91 Å². The van der Waals surface area contributed by atoms with E-state index in [9.17, 15) is 4.79 Å². The molecule has 1 aliphatic rings. The minimum Gasteiger partial charge on any atom is -0.368 e. The molecule has 0 aliphatic carbocycles. The fourth-order valence-electron chi connectivity index (χ4n) is 2.17. The van der Waals surface area contributed by atoms with Crippen LogP contribution in [0.25, 0.3) is 0 Å². The van der Waals surface area contributed by atoms with Gasteiger partial charge in [-0.25, -0.2) is 9.97 Å². The van der Waals surface area contributed by atoms with Gasteiger partial charge < -0.3 is 15.5 Å². The molecule has 1 aliphatic heterocycles. The summed E-state index contributed by atoms with van der Waals surface area (Å²) >= 11 is 0. The van der Waals surface area contributed by atoms with Crippen molar-refractivity contribution in [1.29, 1.82) is 0 Å². The van der Waals surface area contributed by atoms with Crippen LogP contribution in [0.4, 0.5) is 11.5 Å². The van der Waals surface area contributed by atoms with E-state index in [0.29, 0.717) is 5.82 Å². The Labute approximate surface area is 122 Å². The molecular weight excluding hydrogens is 268 g/mol. The van der Waals surface area contributed by atoms with Crippen molar-refractivity contribution in [2.24, 2.45) is 0 Å². The van der Waals surface area contributed by atoms with Gasteiger partial charge >= 0.3 is 0 Å². The number of anilines is 2. The van der Waals surface area contributed by atoms with Gasteiger partial charge in [-0.05, 0) is 12.1 Å². The molecule has 0 aromatic carbocycles. The maximum absolute atomic E-state index is 11.9. The summed E-state index contributed by atoms with van der Waals surface area (Å²) in [6, 6.07) is 3.76. The summed E-state index contributed by atoms with van der Waals surface area (Å²) in [6.45, 7) is 3.89. The van der Waals surface area contributed by atoms with Crippen molar-refractivity contribution in [3.8, 4) is 0 Å². The summed E-state index contributed by atoms with van der Waals surface area (Å²) in [5.74, 6) is 0.190. The summed E-state index contributed by atoms with van der Waals surface area (Å²) in [5, 5.41) is 6.01. The van der Waals surface area contributed by atoms with Gasteiger partial charge in [-0.3, -0.25) is 9.78 Å². The number of aromatic nitrogens is 3. The zero-order valence-corrected chi connectivity index (χ0v) is 11.5. The second kappa shape index (κ2) is 6.27. The first-order valence-electron chi connectivity index (χ1n) is 6.82. The van der Waals surface area contributed by atoms with Crippen LogP contribution in [-0.2, 0) is 0 Å². The van der Waals surface area contributed by atoms with E-state index in [2.05, 4.69) is 30.5 Å². The molecule has 7 nitrogen and oxygen atoms in total. The fourth-order valence-corrected chi connectivity index (χ4v) is 2.17. The summed E-state index contributed by atoms with van der Waals surface area (Å²) < 4.78 is 0. The molecule has 0 saturated carbocycles. The van der Waals surface area contributed by atoms with Crippen LogP contribution in [0.2, 0.25) is 0 Å². The third-order valence-electron chi connectivity index (χ3n) is 3.27. The lowest BCUT2D eigenvalue weighted by Gasteiger charge is -2.29. The Morgan fingerprint density at radius 3 is 2.67 bits per heavy atom. The zero-order valence-electron chi connectivity index (χ0n) is 11.5. The van der Waals surface area contributed by atoms with E-state index >= 15 is 0 Å². The van der Waals surface area contributed by atoms with Gasteiger partial charge in [0, 0.05) is 38.6 Å². The van der Waals surface area contributed by atoms with Gasteiger partial charge in [-0.2, -0.15) is 0 Å². The van der Waals surface area contributed by atoms with E-state index in [-0.39, 0.29) is 11.6 Å². The maximum atomic E-state index is 11.9. The lowest BCUT2D eigenvalue weighted by atomic mass is 10.3.